The first-order valence-corrected chi connectivity index (χ1v) is 2.19. The number of nitrogens with zero attached hydrogens (tertiary/aromatic N) is 4. The molecular weight excluding hydrogens is 523 g/mol. The van der Waals surface area contributed by atoms with Crippen molar-refractivity contribution < 1.29 is 20.3 Å². The van der Waals surface area contributed by atoms with Gasteiger partial charge in [-0.05, 0) is 0 Å². The molecule has 0 fully saturated rings. The fraction of sp³-hybridized carbons (Fsp3) is 0. The molecule has 0 radical (unpaired) electrons. The summed E-state index contributed by atoms with van der Waals surface area (Å²) in [5, 5.41) is 59.0. The normalized spacial score (nSPS) is 5.33. The van der Waals surface area contributed by atoms with Crippen molar-refractivity contribution in [3.8, 4) is 0 Å². The van der Waals surface area contributed by atoms with Gasteiger partial charge in [0.25, 0.3) is 0 Å². The third kappa shape index (κ3) is 1090000. The second kappa shape index (κ2) is 30.2. The minimum Gasteiger partial charge on any atom is -0.356 e. The summed E-state index contributed by atoms with van der Waals surface area (Å²) >= 11 is 0. The van der Waals surface area contributed by atoms with Crippen LogP contribution in [0.2, 0.25) is 0 Å². The molecule has 0 bridgehead atoms. The fourth-order valence-corrected chi connectivity index (χ4v) is 0. The van der Waals surface area contributed by atoms with Gasteiger partial charge in [0.05, 0.1) is 20.3 Å². The van der Waals surface area contributed by atoms with Gasteiger partial charge >= 0.3 is 97.8 Å². The van der Waals surface area contributed by atoms with Gasteiger partial charge < -0.3 is 61.3 Å². The van der Waals surface area contributed by atoms with E-state index in [1.54, 1.807) is 0 Å². The van der Waals surface area contributed by atoms with E-state index in [9.17, 15) is 0 Å². The van der Waals surface area contributed by atoms with E-state index in [2.05, 4.69) is 0 Å². The van der Waals surface area contributed by atoms with Crippen LogP contribution in [0.5, 0.6) is 0 Å². The molecule has 16 nitrogen and oxygen atoms in total. The third-order valence-electron chi connectivity index (χ3n) is 0. The van der Waals surface area contributed by atoms with Crippen LogP contribution in [0.4, 0.5) is 0 Å². The van der Waals surface area contributed by atoms with Crippen LogP contribution in [0.15, 0.2) is 0 Å². The van der Waals surface area contributed by atoms with E-state index in [4.69, 9.17) is 61.3 Å². The van der Waals surface area contributed by atoms with Gasteiger partial charge in [-0.25, -0.2) is 0 Å². The first-order valence-electron chi connectivity index (χ1n) is 2.19. The van der Waals surface area contributed by atoms with Gasteiger partial charge in [0.15, 0.2) is 0 Å². The average molecular weight is 523 g/mol. The van der Waals surface area contributed by atoms with Crippen molar-refractivity contribution >= 4 is 97.8 Å². The van der Waals surface area contributed by atoms with Gasteiger partial charge in [-0.15, -0.1) is 0 Å². The van der Waals surface area contributed by atoms with Crippen molar-refractivity contribution in [2.24, 2.45) is 0 Å². The fourth-order valence-electron chi connectivity index (χ4n) is 0. The van der Waals surface area contributed by atoms with Gasteiger partial charge in [-0.2, -0.15) is 0 Å². The second-order valence-corrected chi connectivity index (χ2v) is 0.894. The van der Waals surface area contributed by atoms with E-state index in [0.29, 0.717) is 0 Å². The molecule has 0 saturated heterocycles. The molecule has 0 amide bonds. The minimum absolute atomic E-state index is 0. The first kappa shape index (κ1) is 36.1. The number of hydrogen-bond acceptors (Lipinski definition) is 12. The molecule has 18 heteroatoms. The Hall–Kier alpha value is -0.0571. The van der Waals surface area contributed by atoms with Crippen molar-refractivity contribution in [2.45, 2.75) is 0 Å². The van der Waals surface area contributed by atoms with E-state index in [-0.39, 0.29) is 97.8 Å². The van der Waals surface area contributed by atoms with E-state index in [1.165, 1.54) is 0 Å². The summed E-state index contributed by atoms with van der Waals surface area (Å²) < 4.78 is 0. The molecule has 0 aliphatic carbocycles. The van der Waals surface area contributed by atoms with Gasteiger partial charge in [-0.3, -0.25) is 0 Å². The van der Waals surface area contributed by atoms with Crippen LogP contribution in [0.25, 0.3) is 0 Å². The quantitative estimate of drug-likeness (QED) is 0.195. The summed E-state index contributed by atoms with van der Waals surface area (Å²) in [6.07, 6.45) is 0. The Bertz CT molecular complexity index is 162. The predicted octanol–water partition coefficient (Wildman–Crippen LogP) is -1.72. The molecule has 0 heterocycles. The summed E-state index contributed by atoms with van der Waals surface area (Å²) in [6, 6.07) is 0. The van der Waals surface area contributed by atoms with Crippen molar-refractivity contribution in [3.63, 3.8) is 0 Å². The summed E-state index contributed by atoms with van der Waals surface area (Å²) in [7, 11) is 0. The zero-order chi connectivity index (χ0) is 14.3. The SMILES string of the molecule is O=[N+]([O-])[O-].O=[N+]([O-])[O-].O=[N+]([O-])[O-].O=[N+]([O-])[O-].[Ba+2].[Ba+2]. The minimum atomic E-state index is -1.75. The van der Waals surface area contributed by atoms with E-state index in [1.807, 2.05) is 0 Å². The summed E-state index contributed by atoms with van der Waals surface area (Å²) in [5.41, 5.74) is 0. The standard InChI is InChI=1S/2Ba.4NO3/c;;4*2-1(3)4/q2*+2;4*-1. The smallest absolute Gasteiger partial charge is 0.356 e. The van der Waals surface area contributed by atoms with Crippen molar-refractivity contribution in [1.82, 2.24) is 0 Å². The Morgan fingerprint density at radius 3 is 0.389 bits per heavy atom. The van der Waals surface area contributed by atoms with Crippen molar-refractivity contribution in [3.05, 3.63) is 61.3 Å². The summed E-state index contributed by atoms with van der Waals surface area (Å²) in [6.45, 7) is 0. The molecular formula is Ba2N4O12. The maximum Gasteiger partial charge on any atom is 2.00 e. The molecule has 18 heavy (non-hydrogen) atoms. The van der Waals surface area contributed by atoms with E-state index < -0.39 is 20.3 Å². The van der Waals surface area contributed by atoms with Crippen molar-refractivity contribution in [1.29, 1.82) is 0 Å². The largest absolute Gasteiger partial charge is 2.00 e. The Kier molecular flexibility index (Phi) is 60.6. The van der Waals surface area contributed by atoms with Crippen LogP contribution in [0.3, 0.4) is 0 Å². The Labute approximate surface area is 176 Å². The van der Waals surface area contributed by atoms with Crippen LogP contribution in [-0.4, -0.2) is 118 Å². The van der Waals surface area contributed by atoms with Gasteiger partial charge in [0.2, 0.25) is 0 Å². The predicted molar refractivity (Wildman–Crippen MR) is 53.0 cm³/mol. The van der Waals surface area contributed by atoms with Crippen molar-refractivity contribution in [2.75, 3.05) is 0 Å². The second-order valence-electron chi connectivity index (χ2n) is 0.894. The number of rotatable bonds is 0. The first-order chi connectivity index (χ1) is 6.93. The Morgan fingerprint density at radius 2 is 0.389 bits per heavy atom. The maximum atomic E-state index is 8.25. The molecule has 0 aromatic heterocycles. The molecule has 0 aliphatic heterocycles. The van der Waals surface area contributed by atoms with Crippen LogP contribution in [0, 0.1) is 61.3 Å². The zero-order valence-corrected chi connectivity index (χ0v) is 17.0. The van der Waals surface area contributed by atoms with Crippen LogP contribution >= 0.6 is 0 Å². The van der Waals surface area contributed by atoms with Gasteiger partial charge in [0.1, 0.15) is 0 Å². The molecule has 0 unspecified atom stereocenters. The van der Waals surface area contributed by atoms with Crippen LogP contribution in [0.1, 0.15) is 0 Å². The molecule has 0 N–H and O–H groups in total. The monoisotopic (exact) mass is 524 g/mol. The topological polar surface area (TPSA) is 265 Å². The molecule has 0 spiro atoms. The Balaban J connectivity index is -0.0000000257. The molecule has 0 aromatic rings. The van der Waals surface area contributed by atoms with Crippen LogP contribution < -0.4 is 0 Å². The summed E-state index contributed by atoms with van der Waals surface area (Å²) in [4.78, 5) is 33.0. The Morgan fingerprint density at radius 1 is 0.389 bits per heavy atom. The van der Waals surface area contributed by atoms with Gasteiger partial charge in [0, 0.05) is 0 Å². The van der Waals surface area contributed by atoms with Gasteiger partial charge in [-0.1, -0.05) is 0 Å². The molecule has 0 aliphatic rings. The maximum absolute atomic E-state index is 8.25. The van der Waals surface area contributed by atoms with E-state index >= 15 is 0 Å². The molecule has 0 saturated carbocycles. The molecule has 0 atom stereocenters. The third-order valence-corrected chi connectivity index (χ3v) is 0. The number of hydrogen-bond donors (Lipinski definition) is 0. The average Bonchev–Trinajstić information content (AvgIpc) is 1.76. The zero-order valence-electron chi connectivity index (χ0n) is 8.10. The van der Waals surface area contributed by atoms with Crippen LogP contribution in [-0.2, 0) is 0 Å². The van der Waals surface area contributed by atoms with E-state index in [0.717, 1.165) is 0 Å². The molecule has 96 valence electrons. The molecule has 0 aromatic carbocycles. The summed E-state index contributed by atoms with van der Waals surface area (Å²) in [5.74, 6) is 0. The molecule has 0 rings (SSSR count).